The first-order valence-corrected chi connectivity index (χ1v) is 9.68. The summed E-state index contributed by atoms with van der Waals surface area (Å²) >= 11 is 3.46. The lowest BCUT2D eigenvalue weighted by Crippen LogP contribution is -2.47. The van der Waals surface area contributed by atoms with Gasteiger partial charge in [0.15, 0.2) is 11.8 Å². The monoisotopic (exact) mass is 420 g/mol. The number of nitrogens with zero attached hydrogens (tertiary/aromatic N) is 4. The highest BCUT2D eigenvalue weighted by Crippen LogP contribution is 2.14. The molecule has 8 heteroatoms. The summed E-state index contributed by atoms with van der Waals surface area (Å²) in [5.74, 6) is 2.62. The minimum absolute atomic E-state index is 0.280. The Morgan fingerprint density at radius 1 is 1.38 bits per heavy atom. The maximum atomic E-state index is 5.12. The van der Waals surface area contributed by atoms with E-state index in [1.54, 1.807) is 7.11 Å². The molecule has 2 N–H and O–H groups in total. The van der Waals surface area contributed by atoms with Crippen LogP contribution in [-0.2, 0) is 30.9 Å². The molecule has 0 amide bonds. The summed E-state index contributed by atoms with van der Waals surface area (Å²) < 4.78 is 8.18. The van der Waals surface area contributed by atoms with E-state index in [-0.39, 0.29) is 6.04 Å². The average molecular weight is 421 g/mol. The van der Waals surface area contributed by atoms with Gasteiger partial charge < -0.3 is 15.4 Å². The van der Waals surface area contributed by atoms with Crippen LogP contribution in [0.4, 0.5) is 0 Å². The van der Waals surface area contributed by atoms with Gasteiger partial charge in [0.05, 0.1) is 13.1 Å². The lowest BCUT2D eigenvalue weighted by Gasteiger charge is -2.25. The van der Waals surface area contributed by atoms with Crippen LogP contribution < -0.4 is 10.6 Å². The van der Waals surface area contributed by atoms with Crippen molar-refractivity contribution in [1.82, 2.24) is 25.4 Å². The molecule has 1 aromatic carbocycles. The normalized spacial score (nSPS) is 17.0. The molecule has 0 spiro atoms. The van der Waals surface area contributed by atoms with Crippen molar-refractivity contribution in [1.29, 1.82) is 0 Å². The Kier molecular flexibility index (Phi) is 6.62. The molecule has 26 heavy (non-hydrogen) atoms. The highest BCUT2D eigenvalue weighted by molar-refractivity contribution is 9.10. The number of methoxy groups -OCH3 is 1. The van der Waals surface area contributed by atoms with E-state index in [4.69, 9.17) is 9.73 Å². The Morgan fingerprint density at radius 3 is 2.92 bits per heavy atom. The number of halogens is 1. The predicted octanol–water partition coefficient (Wildman–Crippen LogP) is 2.26. The standard InChI is InChI=1S/C18H25BrN6O/c1-3-20-18(21-10-13-4-6-14(19)7-5-13)22-15-8-9-17-23-16(12-26-2)24-25(17)11-15/h4-7,15H,3,8-12H2,1-2H3,(H2,20,21,22). The van der Waals surface area contributed by atoms with Gasteiger partial charge in [0.1, 0.15) is 12.4 Å². The number of fused-ring (bicyclic) bond motifs is 1. The van der Waals surface area contributed by atoms with E-state index in [1.807, 2.05) is 16.8 Å². The Labute approximate surface area is 162 Å². The van der Waals surface area contributed by atoms with E-state index in [9.17, 15) is 0 Å². The van der Waals surface area contributed by atoms with Gasteiger partial charge in [-0.15, -0.1) is 0 Å². The van der Waals surface area contributed by atoms with Gasteiger partial charge in [-0.3, -0.25) is 0 Å². The molecular formula is C18H25BrN6O. The maximum absolute atomic E-state index is 5.12. The van der Waals surface area contributed by atoms with E-state index in [1.165, 1.54) is 5.56 Å². The number of hydrogen-bond donors (Lipinski definition) is 2. The topological polar surface area (TPSA) is 76.4 Å². The number of aryl methyl sites for hydroxylation is 1. The second-order valence-corrected chi connectivity index (χ2v) is 7.18. The Bertz CT molecular complexity index is 743. The second kappa shape index (κ2) is 9.14. The van der Waals surface area contributed by atoms with Gasteiger partial charge in [-0.1, -0.05) is 28.1 Å². The van der Waals surface area contributed by atoms with Gasteiger partial charge >= 0.3 is 0 Å². The lowest BCUT2D eigenvalue weighted by atomic mass is 10.1. The first kappa shape index (κ1) is 18.8. The quantitative estimate of drug-likeness (QED) is 0.553. The van der Waals surface area contributed by atoms with Gasteiger partial charge in [-0.05, 0) is 31.0 Å². The third-order valence-electron chi connectivity index (χ3n) is 4.19. The molecule has 0 saturated carbocycles. The van der Waals surface area contributed by atoms with Gasteiger partial charge in [-0.25, -0.2) is 14.7 Å². The van der Waals surface area contributed by atoms with Crippen LogP contribution in [0.2, 0.25) is 0 Å². The van der Waals surface area contributed by atoms with Gasteiger partial charge in [0.2, 0.25) is 0 Å². The molecule has 1 aliphatic rings. The van der Waals surface area contributed by atoms with Crippen molar-refractivity contribution >= 4 is 21.9 Å². The molecule has 0 saturated heterocycles. The summed E-state index contributed by atoms with van der Waals surface area (Å²) in [5.41, 5.74) is 1.18. The maximum Gasteiger partial charge on any atom is 0.191 e. The van der Waals surface area contributed by atoms with Crippen molar-refractivity contribution in [3.8, 4) is 0 Å². The molecule has 7 nitrogen and oxygen atoms in total. The lowest BCUT2D eigenvalue weighted by molar-refractivity contribution is 0.177. The largest absolute Gasteiger partial charge is 0.377 e. The van der Waals surface area contributed by atoms with Crippen molar-refractivity contribution in [2.45, 2.75) is 45.5 Å². The molecule has 1 atom stereocenters. The fourth-order valence-corrected chi connectivity index (χ4v) is 3.21. The van der Waals surface area contributed by atoms with Gasteiger partial charge in [0.25, 0.3) is 0 Å². The van der Waals surface area contributed by atoms with Crippen LogP contribution in [-0.4, -0.2) is 40.4 Å². The van der Waals surface area contributed by atoms with Crippen molar-refractivity contribution < 1.29 is 4.74 Å². The predicted molar refractivity (Wildman–Crippen MR) is 105 cm³/mol. The first-order chi connectivity index (χ1) is 12.7. The first-order valence-electron chi connectivity index (χ1n) is 8.88. The van der Waals surface area contributed by atoms with Crippen LogP contribution >= 0.6 is 15.9 Å². The van der Waals surface area contributed by atoms with Crippen LogP contribution in [0, 0.1) is 0 Å². The van der Waals surface area contributed by atoms with E-state index < -0.39 is 0 Å². The van der Waals surface area contributed by atoms with Crippen molar-refractivity contribution in [3.63, 3.8) is 0 Å². The molecule has 140 valence electrons. The summed E-state index contributed by atoms with van der Waals surface area (Å²) in [6.45, 7) is 4.78. The number of aromatic nitrogens is 3. The highest BCUT2D eigenvalue weighted by Gasteiger charge is 2.22. The van der Waals surface area contributed by atoms with Gasteiger partial charge in [-0.2, -0.15) is 5.10 Å². The highest BCUT2D eigenvalue weighted by atomic mass is 79.9. The number of guanidine groups is 1. The molecule has 2 heterocycles. The van der Waals surface area contributed by atoms with Crippen molar-refractivity contribution in [2.75, 3.05) is 13.7 Å². The van der Waals surface area contributed by atoms with Crippen LogP contribution in [0.1, 0.15) is 30.6 Å². The van der Waals surface area contributed by atoms with E-state index in [0.29, 0.717) is 13.2 Å². The molecule has 1 aliphatic heterocycles. The molecule has 1 unspecified atom stereocenters. The Morgan fingerprint density at radius 2 is 2.19 bits per heavy atom. The molecule has 2 aromatic rings. The molecule has 0 bridgehead atoms. The minimum Gasteiger partial charge on any atom is -0.377 e. The minimum atomic E-state index is 0.280. The summed E-state index contributed by atoms with van der Waals surface area (Å²) in [7, 11) is 1.66. The van der Waals surface area contributed by atoms with Crippen molar-refractivity contribution in [2.24, 2.45) is 4.99 Å². The zero-order chi connectivity index (χ0) is 18.4. The smallest absolute Gasteiger partial charge is 0.191 e. The molecule has 0 radical (unpaired) electrons. The summed E-state index contributed by atoms with van der Waals surface area (Å²) in [6, 6.07) is 8.52. The summed E-state index contributed by atoms with van der Waals surface area (Å²) in [6.07, 6.45) is 1.91. The van der Waals surface area contributed by atoms with Crippen molar-refractivity contribution in [3.05, 3.63) is 46.0 Å². The fraction of sp³-hybridized carbons (Fsp3) is 0.500. The third kappa shape index (κ3) is 5.04. The SMILES string of the molecule is CCNC(=NCc1ccc(Br)cc1)NC1CCc2nc(COC)nn2C1. The Hall–Kier alpha value is -1.93. The number of aliphatic imine (C=N–C) groups is 1. The van der Waals surface area contributed by atoms with E-state index in [0.717, 1.165) is 48.0 Å². The third-order valence-corrected chi connectivity index (χ3v) is 4.72. The van der Waals surface area contributed by atoms with E-state index >= 15 is 0 Å². The van der Waals surface area contributed by atoms with Crippen LogP contribution in [0.5, 0.6) is 0 Å². The number of hydrogen-bond acceptors (Lipinski definition) is 4. The molecule has 3 rings (SSSR count). The van der Waals surface area contributed by atoms with E-state index in [2.05, 4.69) is 55.7 Å². The second-order valence-electron chi connectivity index (χ2n) is 6.26. The summed E-state index contributed by atoms with van der Waals surface area (Å²) in [4.78, 5) is 9.23. The number of nitrogens with one attached hydrogen (secondary N) is 2. The molecular weight excluding hydrogens is 396 g/mol. The fourth-order valence-electron chi connectivity index (χ4n) is 2.94. The number of benzene rings is 1. The van der Waals surface area contributed by atoms with Crippen LogP contribution in [0.3, 0.4) is 0 Å². The number of ether oxygens (including phenoxy) is 1. The average Bonchev–Trinajstić information content (AvgIpc) is 3.03. The Balaban J connectivity index is 1.62. The zero-order valence-electron chi connectivity index (χ0n) is 15.2. The van der Waals surface area contributed by atoms with Crippen LogP contribution in [0.25, 0.3) is 0 Å². The number of rotatable bonds is 6. The van der Waals surface area contributed by atoms with Gasteiger partial charge in [0, 0.05) is 30.6 Å². The molecule has 0 fully saturated rings. The molecule has 0 aliphatic carbocycles. The molecule has 1 aromatic heterocycles. The zero-order valence-corrected chi connectivity index (χ0v) is 16.8. The van der Waals surface area contributed by atoms with Crippen LogP contribution in [0.15, 0.2) is 33.7 Å². The summed E-state index contributed by atoms with van der Waals surface area (Å²) in [5, 5.41) is 11.4.